The van der Waals surface area contributed by atoms with Crippen molar-refractivity contribution >= 4 is 0 Å². The predicted octanol–water partition coefficient (Wildman–Crippen LogP) is 0.687. The lowest BCUT2D eigenvalue weighted by molar-refractivity contribution is 0.0961. The van der Waals surface area contributed by atoms with Gasteiger partial charge in [0.05, 0.1) is 6.10 Å². The molecule has 0 bridgehead atoms. The van der Waals surface area contributed by atoms with Gasteiger partial charge in [-0.3, -0.25) is 0 Å². The zero-order valence-electron chi connectivity index (χ0n) is 9.66. The number of likely N-dealkylation sites (tertiary alicyclic amines) is 1. The summed E-state index contributed by atoms with van der Waals surface area (Å²) in [6.45, 7) is 4.32. The summed E-state index contributed by atoms with van der Waals surface area (Å²) in [4.78, 5) is 2.36. The molecule has 0 amide bonds. The molecule has 2 N–H and O–H groups in total. The van der Waals surface area contributed by atoms with Crippen LogP contribution in [0.5, 0.6) is 0 Å². The first-order chi connectivity index (χ1) is 6.65. The first kappa shape index (κ1) is 12.0. The molecule has 1 heterocycles. The molecule has 3 heteroatoms. The molecule has 3 atom stereocenters. The molecule has 1 aliphatic rings. The first-order valence-electron chi connectivity index (χ1n) is 5.69. The summed E-state index contributed by atoms with van der Waals surface area (Å²) >= 11 is 0. The van der Waals surface area contributed by atoms with Crippen molar-refractivity contribution in [1.82, 2.24) is 10.2 Å². The van der Waals surface area contributed by atoms with Gasteiger partial charge in [-0.05, 0) is 39.3 Å². The SMILES string of the molecule is CCC(O)CC1CC(NC)CN(C)C1. The van der Waals surface area contributed by atoms with E-state index in [1.54, 1.807) is 0 Å². The number of aliphatic hydroxyl groups excluding tert-OH is 1. The molecule has 3 nitrogen and oxygen atoms in total. The fraction of sp³-hybridized carbons (Fsp3) is 1.00. The minimum atomic E-state index is -0.107. The van der Waals surface area contributed by atoms with Crippen LogP contribution in [0.15, 0.2) is 0 Å². The van der Waals surface area contributed by atoms with E-state index in [0.717, 1.165) is 25.9 Å². The second-order valence-electron chi connectivity index (χ2n) is 4.61. The Hall–Kier alpha value is -0.120. The normalized spacial score (nSPS) is 31.7. The van der Waals surface area contributed by atoms with E-state index < -0.39 is 0 Å². The molecule has 84 valence electrons. The summed E-state index contributed by atoms with van der Waals surface area (Å²) in [5, 5.41) is 12.9. The van der Waals surface area contributed by atoms with Crippen molar-refractivity contribution in [2.24, 2.45) is 5.92 Å². The van der Waals surface area contributed by atoms with E-state index >= 15 is 0 Å². The zero-order valence-corrected chi connectivity index (χ0v) is 9.66. The highest BCUT2D eigenvalue weighted by Gasteiger charge is 2.25. The van der Waals surface area contributed by atoms with Crippen molar-refractivity contribution in [3.05, 3.63) is 0 Å². The quantitative estimate of drug-likeness (QED) is 0.701. The van der Waals surface area contributed by atoms with Crippen molar-refractivity contribution in [3.8, 4) is 0 Å². The molecule has 3 unspecified atom stereocenters. The monoisotopic (exact) mass is 200 g/mol. The molecular formula is C11H24N2O. The Kier molecular flexibility index (Phi) is 4.85. The zero-order chi connectivity index (χ0) is 10.6. The van der Waals surface area contributed by atoms with Gasteiger partial charge in [-0.15, -0.1) is 0 Å². The largest absolute Gasteiger partial charge is 0.393 e. The number of nitrogens with zero attached hydrogens (tertiary/aromatic N) is 1. The van der Waals surface area contributed by atoms with Crippen LogP contribution in [0.25, 0.3) is 0 Å². The van der Waals surface area contributed by atoms with Crippen molar-refractivity contribution in [3.63, 3.8) is 0 Å². The van der Waals surface area contributed by atoms with Crippen LogP contribution in [0, 0.1) is 5.92 Å². The highest BCUT2D eigenvalue weighted by atomic mass is 16.3. The van der Waals surface area contributed by atoms with Crippen LogP contribution in [0.4, 0.5) is 0 Å². The Bertz CT molecular complexity index is 161. The summed E-state index contributed by atoms with van der Waals surface area (Å²) in [7, 11) is 4.19. The van der Waals surface area contributed by atoms with Crippen LogP contribution in [-0.2, 0) is 0 Å². The summed E-state index contributed by atoms with van der Waals surface area (Å²) in [5.41, 5.74) is 0. The predicted molar refractivity (Wildman–Crippen MR) is 59.4 cm³/mol. The van der Waals surface area contributed by atoms with Gasteiger partial charge in [-0.25, -0.2) is 0 Å². The third kappa shape index (κ3) is 3.56. The molecule has 14 heavy (non-hydrogen) atoms. The van der Waals surface area contributed by atoms with Crippen LogP contribution in [0.1, 0.15) is 26.2 Å². The van der Waals surface area contributed by atoms with Gasteiger partial charge in [0.25, 0.3) is 0 Å². The number of aliphatic hydroxyl groups is 1. The Morgan fingerprint density at radius 2 is 2.21 bits per heavy atom. The van der Waals surface area contributed by atoms with Gasteiger partial charge in [0.2, 0.25) is 0 Å². The van der Waals surface area contributed by atoms with Crippen LogP contribution in [0.3, 0.4) is 0 Å². The van der Waals surface area contributed by atoms with E-state index in [9.17, 15) is 5.11 Å². The highest BCUT2D eigenvalue weighted by molar-refractivity contribution is 4.82. The van der Waals surface area contributed by atoms with E-state index in [2.05, 4.69) is 17.3 Å². The molecule has 0 spiro atoms. The Labute approximate surface area is 87.5 Å². The number of nitrogens with one attached hydrogen (secondary N) is 1. The second-order valence-corrected chi connectivity index (χ2v) is 4.61. The van der Waals surface area contributed by atoms with Gasteiger partial charge in [0.1, 0.15) is 0 Å². The van der Waals surface area contributed by atoms with Gasteiger partial charge < -0.3 is 15.3 Å². The molecule has 0 radical (unpaired) electrons. The lowest BCUT2D eigenvalue weighted by Gasteiger charge is -2.36. The standard InChI is InChI=1S/C11H24N2O/c1-4-11(14)6-9-5-10(12-2)8-13(3)7-9/h9-12,14H,4-8H2,1-3H3. The number of piperidine rings is 1. The van der Waals surface area contributed by atoms with Gasteiger partial charge in [-0.2, -0.15) is 0 Å². The van der Waals surface area contributed by atoms with Gasteiger partial charge in [0, 0.05) is 19.1 Å². The van der Waals surface area contributed by atoms with E-state index in [0.29, 0.717) is 12.0 Å². The van der Waals surface area contributed by atoms with Gasteiger partial charge in [0.15, 0.2) is 0 Å². The highest BCUT2D eigenvalue weighted by Crippen LogP contribution is 2.21. The number of likely N-dealkylation sites (N-methyl/N-ethyl adjacent to an activating group) is 2. The summed E-state index contributed by atoms with van der Waals surface area (Å²) in [6, 6.07) is 0.600. The Morgan fingerprint density at radius 3 is 2.79 bits per heavy atom. The first-order valence-corrected chi connectivity index (χ1v) is 5.69. The van der Waals surface area contributed by atoms with Crippen LogP contribution < -0.4 is 5.32 Å². The van der Waals surface area contributed by atoms with Crippen LogP contribution >= 0.6 is 0 Å². The van der Waals surface area contributed by atoms with E-state index in [1.165, 1.54) is 6.42 Å². The van der Waals surface area contributed by atoms with Crippen molar-refractivity contribution in [2.75, 3.05) is 27.2 Å². The molecule has 0 saturated carbocycles. The molecule has 1 rings (SSSR count). The molecule has 0 aromatic heterocycles. The molecule has 0 aliphatic carbocycles. The van der Waals surface area contributed by atoms with Gasteiger partial charge >= 0.3 is 0 Å². The summed E-state index contributed by atoms with van der Waals surface area (Å²) < 4.78 is 0. The fourth-order valence-electron chi connectivity index (χ4n) is 2.37. The Morgan fingerprint density at radius 1 is 1.50 bits per heavy atom. The van der Waals surface area contributed by atoms with Crippen LogP contribution in [0.2, 0.25) is 0 Å². The lowest BCUT2D eigenvalue weighted by Crippen LogP contribution is -2.47. The van der Waals surface area contributed by atoms with Gasteiger partial charge in [-0.1, -0.05) is 6.92 Å². The fourth-order valence-corrected chi connectivity index (χ4v) is 2.37. The average molecular weight is 200 g/mol. The molecule has 1 aliphatic heterocycles. The third-order valence-corrected chi connectivity index (χ3v) is 3.20. The van der Waals surface area contributed by atoms with Crippen molar-refractivity contribution < 1.29 is 5.11 Å². The smallest absolute Gasteiger partial charge is 0.0540 e. The third-order valence-electron chi connectivity index (χ3n) is 3.20. The lowest BCUT2D eigenvalue weighted by atomic mass is 9.89. The van der Waals surface area contributed by atoms with E-state index in [4.69, 9.17) is 0 Å². The summed E-state index contributed by atoms with van der Waals surface area (Å²) in [5.74, 6) is 0.654. The van der Waals surface area contributed by atoms with E-state index in [-0.39, 0.29) is 6.10 Å². The average Bonchev–Trinajstić information content (AvgIpc) is 2.16. The van der Waals surface area contributed by atoms with Crippen LogP contribution in [-0.4, -0.2) is 49.3 Å². The maximum Gasteiger partial charge on any atom is 0.0540 e. The number of hydrogen-bond donors (Lipinski definition) is 2. The number of rotatable bonds is 4. The molecular weight excluding hydrogens is 176 g/mol. The van der Waals surface area contributed by atoms with Crippen molar-refractivity contribution in [1.29, 1.82) is 0 Å². The molecule has 0 aromatic carbocycles. The maximum atomic E-state index is 9.62. The van der Waals surface area contributed by atoms with E-state index in [1.807, 2.05) is 14.0 Å². The number of hydrogen-bond acceptors (Lipinski definition) is 3. The minimum absolute atomic E-state index is 0.107. The molecule has 1 saturated heterocycles. The second kappa shape index (κ2) is 5.69. The molecule has 0 aromatic rings. The summed E-state index contributed by atoms with van der Waals surface area (Å²) in [6.07, 6.45) is 2.94. The molecule has 1 fully saturated rings. The topological polar surface area (TPSA) is 35.5 Å². The maximum absolute atomic E-state index is 9.62. The minimum Gasteiger partial charge on any atom is -0.393 e. The van der Waals surface area contributed by atoms with Crippen molar-refractivity contribution in [2.45, 2.75) is 38.3 Å². The Balaban J connectivity index is 2.37.